The number of pyridine rings is 1. The minimum Gasteiger partial charge on any atom is -0.468 e. The van der Waals surface area contributed by atoms with Crippen molar-refractivity contribution in [1.29, 1.82) is 5.26 Å². The number of carbonyl (C=O) groups is 1. The van der Waals surface area contributed by atoms with Crippen LogP contribution >= 0.6 is 11.8 Å². The maximum absolute atomic E-state index is 12.4. The fraction of sp³-hybridized carbons (Fsp3) is 0.300. The van der Waals surface area contributed by atoms with E-state index in [1.54, 1.807) is 6.07 Å². The summed E-state index contributed by atoms with van der Waals surface area (Å²) in [5.74, 6) is -0.817. The van der Waals surface area contributed by atoms with Gasteiger partial charge in [0.25, 0.3) is 0 Å². The van der Waals surface area contributed by atoms with Crippen LogP contribution in [0, 0.1) is 11.3 Å². The molecule has 1 aromatic heterocycles. The molecule has 0 unspecified atom stereocenters. The lowest BCUT2D eigenvalue weighted by molar-refractivity contribution is -0.141. The van der Waals surface area contributed by atoms with Crippen molar-refractivity contribution >= 4 is 17.7 Å². The van der Waals surface area contributed by atoms with Crippen molar-refractivity contribution in [2.45, 2.75) is 11.2 Å². The molecule has 8 heteroatoms. The van der Waals surface area contributed by atoms with Gasteiger partial charge in [0.05, 0.1) is 18.4 Å². The third-order valence-electron chi connectivity index (χ3n) is 1.83. The predicted molar refractivity (Wildman–Crippen MR) is 56.7 cm³/mol. The molecule has 0 fully saturated rings. The zero-order chi connectivity index (χ0) is 13.8. The second-order valence-corrected chi connectivity index (χ2v) is 3.99. The van der Waals surface area contributed by atoms with E-state index in [-0.39, 0.29) is 16.3 Å². The first-order valence-corrected chi connectivity index (χ1v) is 5.55. The zero-order valence-corrected chi connectivity index (χ0v) is 9.93. The van der Waals surface area contributed by atoms with Gasteiger partial charge in [-0.3, -0.25) is 4.79 Å². The molecular formula is C10H7F3N2O2S. The number of nitriles is 1. The van der Waals surface area contributed by atoms with Crippen molar-refractivity contribution in [3.05, 3.63) is 23.4 Å². The van der Waals surface area contributed by atoms with Gasteiger partial charge in [-0.25, -0.2) is 4.98 Å². The molecule has 0 atom stereocenters. The largest absolute Gasteiger partial charge is 0.468 e. The van der Waals surface area contributed by atoms with E-state index in [0.29, 0.717) is 0 Å². The molecule has 0 N–H and O–H groups in total. The highest BCUT2D eigenvalue weighted by Crippen LogP contribution is 2.30. The van der Waals surface area contributed by atoms with Gasteiger partial charge in [-0.2, -0.15) is 18.4 Å². The van der Waals surface area contributed by atoms with E-state index in [0.717, 1.165) is 31.0 Å². The summed E-state index contributed by atoms with van der Waals surface area (Å²) in [5, 5.41) is 8.59. The number of alkyl halides is 3. The number of rotatable bonds is 3. The van der Waals surface area contributed by atoms with Gasteiger partial charge in [-0.05, 0) is 12.1 Å². The fourth-order valence-corrected chi connectivity index (χ4v) is 1.78. The van der Waals surface area contributed by atoms with Gasteiger partial charge in [0.1, 0.15) is 16.8 Å². The van der Waals surface area contributed by atoms with Gasteiger partial charge in [-0.15, -0.1) is 0 Å². The lowest BCUT2D eigenvalue weighted by Crippen LogP contribution is -2.10. The molecule has 0 saturated carbocycles. The maximum atomic E-state index is 12.4. The molecule has 0 aliphatic rings. The fourth-order valence-electron chi connectivity index (χ4n) is 0.980. The molecule has 18 heavy (non-hydrogen) atoms. The molecule has 96 valence electrons. The molecule has 0 spiro atoms. The maximum Gasteiger partial charge on any atom is 0.433 e. The van der Waals surface area contributed by atoms with Gasteiger partial charge in [0.15, 0.2) is 0 Å². The van der Waals surface area contributed by atoms with Crippen molar-refractivity contribution in [2.24, 2.45) is 0 Å². The molecule has 0 bridgehead atoms. The molecule has 1 heterocycles. The third kappa shape index (κ3) is 3.63. The first-order valence-electron chi connectivity index (χ1n) is 4.56. The Hall–Kier alpha value is -1.75. The summed E-state index contributed by atoms with van der Waals surface area (Å²) in [7, 11) is 1.16. The molecule has 4 nitrogen and oxygen atoms in total. The molecule has 0 saturated heterocycles. The van der Waals surface area contributed by atoms with Gasteiger partial charge in [-0.1, -0.05) is 11.8 Å². The Bertz CT molecular complexity index is 497. The van der Waals surface area contributed by atoms with E-state index >= 15 is 0 Å². The highest BCUT2D eigenvalue weighted by atomic mass is 32.2. The van der Waals surface area contributed by atoms with Crippen LogP contribution in [0.3, 0.4) is 0 Å². The van der Waals surface area contributed by atoms with Gasteiger partial charge >= 0.3 is 12.1 Å². The molecule has 0 aliphatic carbocycles. The van der Waals surface area contributed by atoms with Crippen molar-refractivity contribution < 1.29 is 22.7 Å². The molecule has 0 radical (unpaired) electrons. The first kappa shape index (κ1) is 14.3. The van der Waals surface area contributed by atoms with Crippen molar-refractivity contribution in [2.75, 3.05) is 12.9 Å². The SMILES string of the molecule is COC(=O)CSc1nc(C(F)(F)F)ccc1C#N. The van der Waals surface area contributed by atoms with Crippen LogP contribution < -0.4 is 0 Å². The summed E-state index contributed by atoms with van der Waals surface area (Å²) < 4.78 is 41.6. The van der Waals surface area contributed by atoms with E-state index in [4.69, 9.17) is 5.26 Å². The molecule has 0 amide bonds. The van der Waals surface area contributed by atoms with Crippen LogP contribution in [-0.2, 0) is 15.7 Å². The number of nitrogens with zero attached hydrogens (tertiary/aromatic N) is 2. The van der Waals surface area contributed by atoms with Crippen LogP contribution in [0.25, 0.3) is 0 Å². The van der Waals surface area contributed by atoms with Crippen LogP contribution in [0.2, 0.25) is 0 Å². The second kappa shape index (κ2) is 5.73. The Morgan fingerprint density at radius 1 is 1.56 bits per heavy atom. The first-order chi connectivity index (χ1) is 8.38. The third-order valence-corrected chi connectivity index (χ3v) is 2.79. The number of hydrogen-bond donors (Lipinski definition) is 0. The number of ether oxygens (including phenoxy) is 1. The van der Waals surface area contributed by atoms with Crippen molar-refractivity contribution in [1.82, 2.24) is 4.98 Å². The van der Waals surface area contributed by atoms with Crippen LogP contribution in [0.15, 0.2) is 17.2 Å². The summed E-state index contributed by atoms with van der Waals surface area (Å²) in [6, 6.07) is 3.46. The van der Waals surface area contributed by atoms with Gasteiger partial charge in [0.2, 0.25) is 0 Å². The molecule has 1 aromatic rings. The Morgan fingerprint density at radius 2 is 2.22 bits per heavy atom. The predicted octanol–water partition coefficient (Wildman–Crippen LogP) is 2.24. The quantitative estimate of drug-likeness (QED) is 0.625. The number of methoxy groups -OCH3 is 1. The summed E-state index contributed by atoms with van der Waals surface area (Å²) in [5.41, 5.74) is -1.12. The van der Waals surface area contributed by atoms with Crippen LogP contribution in [0.1, 0.15) is 11.3 Å². The number of esters is 1. The smallest absolute Gasteiger partial charge is 0.433 e. The molecule has 0 aliphatic heterocycles. The van der Waals surface area contributed by atoms with Gasteiger partial charge < -0.3 is 4.74 Å². The Morgan fingerprint density at radius 3 is 2.72 bits per heavy atom. The zero-order valence-electron chi connectivity index (χ0n) is 9.11. The lowest BCUT2D eigenvalue weighted by Gasteiger charge is -2.08. The topological polar surface area (TPSA) is 63.0 Å². The van der Waals surface area contributed by atoms with Crippen molar-refractivity contribution in [3.63, 3.8) is 0 Å². The number of thioether (sulfide) groups is 1. The number of carbonyl (C=O) groups excluding carboxylic acids is 1. The Labute approximate surface area is 105 Å². The average Bonchev–Trinajstić information content (AvgIpc) is 2.34. The Kier molecular flexibility index (Phi) is 4.55. The molecule has 0 aromatic carbocycles. The summed E-state index contributed by atoms with van der Waals surface area (Å²) in [6.07, 6.45) is -4.59. The molecule has 1 rings (SSSR count). The highest BCUT2D eigenvalue weighted by molar-refractivity contribution is 7.99. The van der Waals surface area contributed by atoms with E-state index in [1.165, 1.54) is 0 Å². The van der Waals surface area contributed by atoms with Gasteiger partial charge in [0, 0.05) is 0 Å². The normalized spacial score (nSPS) is 10.8. The van der Waals surface area contributed by atoms with E-state index in [9.17, 15) is 18.0 Å². The standard InChI is InChI=1S/C10H7F3N2O2S/c1-17-8(16)5-18-9-6(4-14)2-3-7(15-9)10(11,12)13/h2-3H,5H2,1H3. The summed E-state index contributed by atoms with van der Waals surface area (Å²) >= 11 is 0.726. The minimum atomic E-state index is -4.59. The Balaban J connectivity index is 3.00. The number of hydrogen-bond acceptors (Lipinski definition) is 5. The summed E-state index contributed by atoms with van der Waals surface area (Å²) in [6.45, 7) is 0. The lowest BCUT2D eigenvalue weighted by atomic mass is 10.2. The van der Waals surface area contributed by atoms with E-state index in [2.05, 4.69) is 9.72 Å². The van der Waals surface area contributed by atoms with Crippen molar-refractivity contribution in [3.8, 4) is 6.07 Å². The monoisotopic (exact) mass is 276 g/mol. The van der Waals surface area contributed by atoms with Crippen LogP contribution in [-0.4, -0.2) is 23.8 Å². The van der Waals surface area contributed by atoms with E-state index in [1.807, 2.05) is 0 Å². The number of halogens is 3. The van der Waals surface area contributed by atoms with Crippen LogP contribution in [0.4, 0.5) is 13.2 Å². The van der Waals surface area contributed by atoms with Crippen LogP contribution in [0.5, 0.6) is 0 Å². The van der Waals surface area contributed by atoms with E-state index < -0.39 is 17.8 Å². The molecular weight excluding hydrogens is 269 g/mol. The number of aromatic nitrogens is 1. The summed E-state index contributed by atoms with van der Waals surface area (Å²) in [4.78, 5) is 14.2. The second-order valence-electron chi connectivity index (χ2n) is 3.02. The highest BCUT2D eigenvalue weighted by Gasteiger charge is 2.33. The average molecular weight is 276 g/mol. The minimum absolute atomic E-state index is 0.0168.